The predicted octanol–water partition coefficient (Wildman–Crippen LogP) is 3.62. The smallest absolute Gasteiger partial charge is 0.407 e. The van der Waals surface area contributed by atoms with Gasteiger partial charge in [0.1, 0.15) is 11.6 Å². The van der Waals surface area contributed by atoms with E-state index in [2.05, 4.69) is 5.32 Å². The number of halogens is 2. The molecule has 3 aliphatic rings. The van der Waals surface area contributed by atoms with Crippen LogP contribution >= 0.6 is 0 Å². The molecule has 1 saturated carbocycles. The summed E-state index contributed by atoms with van der Waals surface area (Å²) >= 11 is 0. The third-order valence-electron chi connectivity index (χ3n) is 7.26. The average Bonchev–Trinajstić information content (AvgIpc) is 2.71. The van der Waals surface area contributed by atoms with Crippen molar-refractivity contribution in [1.29, 1.82) is 0 Å². The van der Waals surface area contributed by atoms with E-state index in [1.807, 2.05) is 6.92 Å². The quantitative estimate of drug-likeness (QED) is 0.670. The molecule has 9 heteroatoms. The van der Waals surface area contributed by atoms with Crippen molar-refractivity contribution in [3.05, 3.63) is 29.3 Å². The van der Waals surface area contributed by atoms with Gasteiger partial charge in [0.05, 0.1) is 12.0 Å². The molecule has 0 spiro atoms. The number of rotatable bonds is 5. The molecule has 0 radical (unpaired) electrons. The first-order valence-electron chi connectivity index (χ1n) is 11.3. The fourth-order valence-corrected chi connectivity index (χ4v) is 5.40. The molecule has 4 rings (SSSR count). The Bertz CT molecular complexity index is 889. The maximum Gasteiger partial charge on any atom is 0.407 e. The van der Waals surface area contributed by atoms with Gasteiger partial charge in [-0.3, -0.25) is 19.8 Å². The molecule has 3 amide bonds. The van der Waals surface area contributed by atoms with Gasteiger partial charge in [0, 0.05) is 36.8 Å². The van der Waals surface area contributed by atoms with Crippen LogP contribution in [0.4, 0.5) is 19.3 Å². The number of carbonyl (C=O) groups excluding carboxylic acids is 2. The number of carboxylic acid groups (broad SMARTS) is 1. The lowest BCUT2D eigenvalue weighted by molar-refractivity contribution is -0.134. The molecular weight excluding hydrogens is 420 g/mol. The van der Waals surface area contributed by atoms with Crippen molar-refractivity contribution in [1.82, 2.24) is 10.2 Å². The van der Waals surface area contributed by atoms with E-state index in [1.54, 1.807) is 4.90 Å². The van der Waals surface area contributed by atoms with E-state index in [4.69, 9.17) is 0 Å². The molecule has 7 nitrogen and oxygen atoms in total. The fraction of sp³-hybridized carbons (Fsp3) is 0.609. The summed E-state index contributed by atoms with van der Waals surface area (Å²) in [6.07, 6.45) is 4.64. The lowest BCUT2D eigenvalue weighted by Crippen LogP contribution is -2.64. The number of piperidine rings is 1. The van der Waals surface area contributed by atoms with Crippen LogP contribution in [0.5, 0.6) is 0 Å². The van der Waals surface area contributed by atoms with Crippen molar-refractivity contribution < 1.29 is 28.3 Å². The monoisotopic (exact) mass is 449 g/mol. The molecule has 2 saturated heterocycles. The minimum Gasteiger partial charge on any atom is -0.465 e. The van der Waals surface area contributed by atoms with Gasteiger partial charge in [-0.1, -0.05) is 19.3 Å². The van der Waals surface area contributed by atoms with Gasteiger partial charge in [-0.2, -0.15) is 0 Å². The Morgan fingerprint density at radius 3 is 2.31 bits per heavy atom. The molecule has 0 bridgehead atoms. The van der Waals surface area contributed by atoms with Crippen molar-refractivity contribution >= 4 is 23.6 Å². The number of imide groups is 1. The topological polar surface area (TPSA) is 90.0 Å². The second-order valence-electron chi connectivity index (χ2n) is 9.21. The Morgan fingerprint density at radius 1 is 1.12 bits per heavy atom. The molecule has 1 unspecified atom stereocenters. The largest absolute Gasteiger partial charge is 0.465 e. The maximum atomic E-state index is 14.8. The zero-order valence-electron chi connectivity index (χ0n) is 18.2. The van der Waals surface area contributed by atoms with Crippen LogP contribution in [0.3, 0.4) is 0 Å². The first kappa shape index (κ1) is 22.5. The van der Waals surface area contributed by atoms with Gasteiger partial charge >= 0.3 is 6.09 Å². The first-order valence-corrected chi connectivity index (χ1v) is 11.3. The van der Waals surface area contributed by atoms with Crippen LogP contribution in [-0.4, -0.2) is 53.1 Å². The van der Waals surface area contributed by atoms with Crippen LogP contribution in [-0.2, 0) is 9.59 Å². The molecule has 2 heterocycles. The molecule has 2 N–H and O–H groups in total. The van der Waals surface area contributed by atoms with Gasteiger partial charge in [-0.25, -0.2) is 13.6 Å². The van der Waals surface area contributed by atoms with Crippen LogP contribution in [0.25, 0.3) is 0 Å². The number of hydrogen-bond donors (Lipinski definition) is 2. The summed E-state index contributed by atoms with van der Waals surface area (Å²) in [4.78, 5) is 38.6. The average molecular weight is 449 g/mol. The van der Waals surface area contributed by atoms with E-state index in [1.165, 1.54) is 23.5 Å². The van der Waals surface area contributed by atoms with Gasteiger partial charge in [-0.15, -0.1) is 0 Å². The Kier molecular flexibility index (Phi) is 6.35. The number of nitrogens with zero attached hydrogens (tertiary/aromatic N) is 2. The van der Waals surface area contributed by atoms with Gasteiger partial charge in [0.25, 0.3) is 0 Å². The number of carbonyl (C=O) groups is 3. The van der Waals surface area contributed by atoms with E-state index >= 15 is 0 Å². The van der Waals surface area contributed by atoms with Crippen molar-refractivity contribution in [2.75, 3.05) is 18.0 Å². The zero-order valence-corrected chi connectivity index (χ0v) is 18.2. The van der Waals surface area contributed by atoms with E-state index < -0.39 is 35.5 Å². The normalized spacial score (nSPS) is 23.5. The Balaban J connectivity index is 1.45. The summed E-state index contributed by atoms with van der Waals surface area (Å²) in [5, 5.41) is 11.9. The standard InChI is InChI=1S/C23H29F2N3O4/c1-13(14-5-3-2-4-6-14)28(23(31)32)16-11-27(12-16)15-9-18(24)21(19(25)10-15)17-7-8-20(29)26-22(17)30/h9-10,13-14,16-17H,2-8,11-12H2,1H3,(H,31,32)(H,26,29,30)/t13-,17?/m0/s1. The van der Waals surface area contributed by atoms with Gasteiger partial charge < -0.3 is 10.0 Å². The molecule has 3 fully saturated rings. The third-order valence-corrected chi connectivity index (χ3v) is 7.26. The summed E-state index contributed by atoms with van der Waals surface area (Å²) in [5.74, 6) is -3.49. The predicted molar refractivity (Wildman–Crippen MR) is 113 cm³/mol. The maximum absolute atomic E-state index is 14.8. The van der Waals surface area contributed by atoms with E-state index in [0.717, 1.165) is 25.7 Å². The highest BCUT2D eigenvalue weighted by atomic mass is 19.1. The lowest BCUT2D eigenvalue weighted by Gasteiger charge is -2.49. The Labute approximate surface area is 185 Å². The molecule has 32 heavy (non-hydrogen) atoms. The first-order chi connectivity index (χ1) is 15.3. The number of amides is 3. The highest BCUT2D eigenvalue weighted by molar-refractivity contribution is 6.01. The van der Waals surface area contributed by atoms with E-state index in [9.17, 15) is 28.3 Å². The molecule has 1 aromatic carbocycles. The number of hydrogen-bond acceptors (Lipinski definition) is 4. The van der Waals surface area contributed by atoms with Crippen LogP contribution in [0, 0.1) is 17.6 Å². The van der Waals surface area contributed by atoms with Crippen LogP contribution in [0.15, 0.2) is 12.1 Å². The van der Waals surface area contributed by atoms with E-state index in [0.29, 0.717) is 24.7 Å². The Morgan fingerprint density at radius 2 is 1.75 bits per heavy atom. The molecule has 1 aliphatic carbocycles. The minimum atomic E-state index is -1.04. The number of benzene rings is 1. The highest BCUT2D eigenvalue weighted by Gasteiger charge is 2.40. The van der Waals surface area contributed by atoms with Crippen molar-refractivity contribution in [2.45, 2.75) is 69.9 Å². The highest BCUT2D eigenvalue weighted by Crippen LogP contribution is 2.35. The van der Waals surface area contributed by atoms with Gasteiger partial charge in [0.15, 0.2) is 0 Å². The van der Waals surface area contributed by atoms with Gasteiger partial charge in [0.2, 0.25) is 11.8 Å². The number of anilines is 1. The zero-order chi connectivity index (χ0) is 23.0. The SMILES string of the molecule is C[C@@H](C1CCCCC1)N(C(=O)O)C1CN(c2cc(F)c(C3CCC(=O)NC3=O)c(F)c2)C1. The summed E-state index contributed by atoms with van der Waals surface area (Å²) in [7, 11) is 0. The van der Waals surface area contributed by atoms with Crippen LogP contribution in [0.1, 0.15) is 63.4 Å². The second kappa shape index (κ2) is 9.03. The molecule has 1 aromatic rings. The van der Waals surface area contributed by atoms with E-state index in [-0.39, 0.29) is 30.5 Å². The third kappa shape index (κ3) is 4.29. The summed E-state index contributed by atoms with van der Waals surface area (Å²) in [6.45, 7) is 2.68. The van der Waals surface area contributed by atoms with Crippen LogP contribution < -0.4 is 10.2 Å². The molecule has 0 aromatic heterocycles. The molecular formula is C23H29F2N3O4. The lowest BCUT2D eigenvalue weighted by atomic mass is 9.83. The van der Waals surface area contributed by atoms with Crippen molar-refractivity contribution in [2.24, 2.45) is 5.92 Å². The van der Waals surface area contributed by atoms with Crippen molar-refractivity contribution in [3.63, 3.8) is 0 Å². The minimum absolute atomic E-state index is 0.0368. The second-order valence-corrected chi connectivity index (χ2v) is 9.21. The van der Waals surface area contributed by atoms with Crippen molar-refractivity contribution in [3.8, 4) is 0 Å². The molecule has 2 atom stereocenters. The molecule has 2 aliphatic heterocycles. The summed E-state index contributed by atoms with van der Waals surface area (Å²) in [6, 6.07) is 2.05. The summed E-state index contributed by atoms with van der Waals surface area (Å²) < 4.78 is 29.6. The van der Waals surface area contributed by atoms with Crippen LogP contribution in [0.2, 0.25) is 0 Å². The number of nitrogens with one attached hydrogen (secondary N) is 1. The molecule has 174 valence electrons. The van der Waals surface area contributed by atoms with Gasteiger partial charge in [-0.05, 0) is 44.2 Å². The Hall–Kier alpha value is -2.71. The fourth-order valence-electron chi connectivity index (χ4n) is 5.40. The summed E-state index contributed by atoms with van der Waals surface area (Å²) in [5.41, 5.74) is -0.00291.